The van der Waals surface area contributed by atoms with E-state index in [9.17, 15) is 13.9 Å². The van der Waals surface area contributed by atoms with Gasteiger partial charge in [0.1, 0.15) is 11.6 Å². The number of ether oxygens (including phenoxy) is 1. The summed E-state index contributed by atoms with van der Waals surface area (Å²) in [6.07, 6.45) is 0.598. The minimum Gasteiger partial charge on any atom is -0.385 e. The van der Waals surface area contributed by atoms with Crippen LogP contribution in [0, 0.1) is 11.6 Å². The monoisotopic (exact) mass is 214 g/mol. The standard InChI is InChI=1S/C11H12F2O2/c12-8-1-2-10(13)9(7-8)11(14)3-5-15-6-4-11/h1-2,7,14H,3-6H2. The summed E-state index contributed by atoms with van der Waals surface area (Å²) in [5.41, 5.74) is -1.25. The molecular formula is C11H12F2O2. The van der Waals surface area contributed by atoms with Gasteiger partial charge in [-0.1, -0.05) is 0 Å². The third kappa shape index (κ3) is 2.01. The molecule has 1 aliphatic rings. The Labute approximate surface area is 86.5 Å². The van der Waals surface area contributed by atoms with Crippen LogP contribution in [0.4, 0.5) is 8.78 Å². The summed E-state index contributed by atoms with van der Waals surface area (Å²) < 4.78 is 31.5. The molecule has 1 fully saturated rings. The van der Waals surface area contributed by atoms with Crippen LogP contribution in [0.1, 0.15) is 18.4 Å². The van der Waals surface area contributed by atoms with Crippen molar-refractivity contribution >= 4 is 0 Å². The normalized spacial score (nSPS) is 20.2. The first kappa shape index (κ1) is 10.5. The Kier molecular flexibility index (Phi) is 2.71. The first-order chi connectivity index (χ1) is 7.12. The van der Waals surface area contributed by atoms with Gasteiger partial charge in [-0.25, -0.2) is 8.78 Å². The van der Waals surface area contributed by atoms with Gasteiger partial charge in [-0.3, -0.25) is 0 Å². The first-order valence-corrected chi connectivity index (χ1v) is 4.87. The highest BCUT2D eigenvalue weighted by atomic mass is 19.1. The smallest absolute Gasteiger partial charge is 0.129 e. The van der Waals surface area contributed by atoms with Crippen molar-refractivity contribution in [3.63, 3.8) is 0 Å². The van der Waals surface area contributed by atoms with E-state index in [2.05, 4.69) is 0 Å². The Hall–Kier alpha value is -1.00. The van der Waals surface area contributed by atoms with Gasteiger partial charge in [0, 0.05) is 31.6 Å². The van der Waals surface area contributed by atoms with Crippen molar-refractivity contribution in [2.24, 2.45) is 0 Å². The molecule has 0 bridgehead atoms. The molecule has 2 rings (SSSR count). The fourth-order valence-electron chi connectivity index (χ4n) is 1.83. The molecule has 82 valence electrons. The molecule has 0 aliphatic carbocycles. The fraction of sp³-hybridized carbons (Fsp3) is 0.455. The van der Waals surface area contributed by atoms with Crippen LogP contribution >= 0.6 is 0 Å². The number of rotatable bonds is 1. The van der Waals surface area contributed by atoms with Crippen LogP contribution in [-0.2, 0) is 10.3 Å². The van der Waals surface area contributed by atoms with E-state index in [1.54, 1.807) is 0 Å². The van der Waals surface area contributed by atoms with Crippen molar-refractivity contribution in [3.05, 3.63) is 35.4 Å². The molecule has 4 heteroatoms. The number of halogens is 2. The molecule has 0 saturated carbocycles. The van der Waals surface area contributed by atoms with Crippen molar-refractivity contribution in [2.75, 3.05) is 13.2 Å². The van der Waals surface area contributed by atoms with E-state index < -0.39 is 17.2 Å². The van der Waals surface area contributed by atoms with Gasteiger partial charge in [-0.2, -0.15) is 0 Å². The number of hydrogen-bond donors (Lipinski definition) is 1. The molecule has 1 saturated heterocycles. The quantitative estimate of drug-likeness (QED) is 0.774. The van der Waals surface area contributed by atoms with E-state index in [0.717, 1.165) is 18.2 Å². The summed E-state index contributed by atoms with van der Waals surface area (Å²) >= 11 is 0. The minimum atomic E-state index is -1.29. The molecule has 1 aromatic rings. The molecule has 1 aliphatic heterocycles. The zero-order chi connectivity index (χ0) is 10.9. The van der Waals surface area contributed by atoms with Crippen molar-refractivity contribution in [1.82, 2.24) is 0 Å². The number of aliphatic hydroxyl groups is 1. The summed E-state index contributed by atoms with van der Waals surface area (Å²) in [6, 6.07) is 3.14. The maximum Gasteiger partial charge on any atom is 0.129 e. The zero-order valence-corrected chi connectivity index (χ0v) is 8.17. The maximum atomic E-state index is 13.4. The Balaban J connectivity index is 2.38. The molecule has 1 heterocycles. The van der Waals surface area contributed by atoms with E-state index in [4.69, 9.17) is 4.74 Å². The summed E-state index contributed by atoms with van der Waals surface area (Å²) in [7, 11) is 0. The Morgan fingerprint density at radius 2 is 1.87 bits per heavy atom. The Bertz CT molecular complexity index is 360. The molecule has 1 N–H and O–H groups in total. The second-order valence-electron chi connectivity index (χ2n) is 3.77. The summed E-state index contributed by atoms with van der Waals surface area (Å²) in [5.74, 6) is -1.10. The highest BCUT2D eigenvalue weighted by Gasteiger charge is 2.34. The summed E-state index contributed by atoms with van der Waals surface area (Å²) in [4.78, 5) is 0. The van der Waals surface area contributed by atoms with Crippen LogP contribution in [0.5, 0.6) is 0 Å². The largest absolute Gasteiger partial charge is 0.385 e. The van der Waals surface area contributed by atoms with Crippen LogP contribution in [0.3, 0.4) is 0 Å². The van der Waals surface area contributed by atoms with Crippen molar-refractivity contribution in [1.29, 1.82) is 0 Å². The fourth-order valence-corrected chi connectivity index (χ4v) is 1.83. The third-order valence-electron chi connectivity index (χ3n) is 2.75. The highest BCUT2D eigenvalue weighted by molar-refractivity contribution is 5.25. The van der Waals surface area contributed by atoms with Gasteiger partial charge in [0.15, 0.2) is 0 Å². The average molecular weight is 214 g/mol. The molecule has 0 amide bonds. The lowest BCUT2D eigenvalue weighted by molar-refractivity contribution is -0.0699. The van der Waals surface area contributed by atoms with Crippen molar-refractivity contribution in [2.45, 2.75) is 18.4 Å². The van der Waals surface area contributed by atoms with Crippen LogP contribution in [0.25, 0.3) is 0 Å². The average Bonchev–Trinajstić information content (AvgIpc) is 2.23. The molecule has 0 unspecified atom stereocenters. The van der Waals surface area contributed by atoms with E-state index in [1.165, 1.54) is 0 Å². The van der Waals surface area contributed by atoms with Gasteiger partial charge in [0.2, 0.25) is 0 Å². The Morgan fingerprint density at radius 3 is 2.53 bits per heavy atom. The van der Waals surface area contributed by atoms with Crippen molar-refractivity contribution in [3.8, 4) is 0 Å². The number of benzene rings is 1. The number of hydrogen-bond acceptors (Lipinski definition) is 2. The Morgan fingerprint density at radius 1 is 1.20 bits per heavy atom. The van der Waals surface area contributed by atoms with Crippen LogP contribution < -0.4 is 0 Å². The predicted octanol–water partition coefficient (Wildman–Crippen LogP) is 1.96. The summed E-state index contributed by atoms with van der Waals surface area (Å²) in [6.45, 7) is 0.735. The SMILES string of the molecule is OC1(c2cc(F)ccc2F)CCOCC1. The zero-order valence-electron chi connectivity index (χ0n) is 8.17. The van der Waals surface area contributed by atoms with Crippen LogP contribution in [0.2, 0.25) is 0 Å². The predicted molar refractivity (Wildman–Crippen MR) is 50.3 cm³/mol. The lowest BCUT2D eigenvalue weighted by Crippen LogP contribution is -2.34. The van der Waals surface area contributed by atoms with E-state index in [-0.39, 0.29) is 5.56 Å². The van der Waals surface area contributed by atoms with Gasteiger partial charge < -0.3 is 9.84 Å². The van der Waals surface area contributed by atoms with Gasteiger partial charge >= 0.3 is 0 Å². The van der Waals surface area contributed by atoms with Crippen LogP contribution in [-0.4, -0.2) is 18.3 Å². The third-order valence-corrected chi connectivity index (χ3v) is 2.75. The second kappa shape index (κ2) is 3.87. The molecule has 15 heavy (non-hydrogen) atoms. The van der Waals surface area contributed by atoms with E-state index in [0.29, 0.717) is 26.1 Å². The van der Waals surface area contributed by atoms with E-state index >= 15 is 0 Å². The minimum absolute atomic E-state index is 0.0331. The molecule has 0 atom stereocenters. The molecule has 0 radical (unpaired) electrons. The molecular weight excluding hydrogens is 202 g/mol. The first-order valence-electron chi connectivity index (χ1n) is 4.87. The molecule has 0 aromatic heterocycles. The summed E-state index contributed by atoms with van der Waals surface area (Å²) in [5, 5.41) is 10.2. The molecule has 0 spiro atoms. The maximum absolute atomic E-state index is 13.4. The lowest BCUT2D eigenvalue weighted by Gasteiger charge is -2.32. The topological polar surface area (TPSA) is 29.5 Å². The van der Waals surface area contributed by atoms with Gasteiger partial charge in [0.05, 0.1) is 5.60 Å². The van der Waals surface area contributed by atoms with Crippen LogP contribution in [0.15, 0.2) is 18.2 Å². The second-order valence-corrected chi connectivity index (χ2v) is 3.77. The van der Waals surface area contributed by atoms with E-state index in [1.807, 2.05) is 0 Å². The van der Waals surface area contributed by atoms with Gasteiger partial charge in [-0.15, -0.1) is 0 Å². The van der Waals surface area contributed by atoms with Gasteiger partial charge in [0.25, 0.3) is 0 Å². The van der Waals surface area contributed by atoms with Crippen molar-refractivity contribution < 1.29 is 18.6 Å². The molecule has 1 aromatic carbocycles. The highest BCUT2D eigenvalue weighted by Crippen LogP contribution is 2.33. The van der Waals surface area contributed by atoms with Gasteiger partial charge in [-0.05, 0) is 18.2 Å². The lowest BCUT2D eigenvalue weighted by atomic mass is 9.86. The molecule has 2 nitrogen and oxygen atoms in total.